The Morgan fingerprint density at radius 1 is 1.50 bits per heavy atom. The first kappa shape index (κ1) is 11.5. The molecule has 1 aromatic rings. The number of hydrogen-bond donors (Lipinski definition) is 1. The van der Waals surface area contributed by atoms with E-state index in [2.05, 4.69) is 0 Å². The van der Waals surface area contributed by atoms with E-state index in [4.69, 9.17) is 9.84 Å². The summed E-state index contributed by atoms with van der Waals surface area (Å²) >= 11 is 1.57. The Hall–Kier alpha value is -1.00. The molecule has 1 aliphatic heterocycles. The Labute approximate surface area is 98.8 Å². The molecule has 0 spiro atoms. The summed E-state index contributed by atoms with van der Waals surface area (Å²) in [7, 11) is 0. The van der Waals surface area contributed by atoms with E-state index in [1.807, 2.05) is 12.1 Å². The van der Waals surface area contributed by atoms with Crippen LogP contribution in [0.5, 0.6) is 0 Å². The van der Waals surface area contributed by atoms with Gasteiger partial charge in [-0.05, 0) is 25.0 Å². The van der Waals surface area contributed by atoms with Crippen molar-refractivity contribution in [3.8, 4) is 0 Å². The number of thioether (sulfide) groups is 1. The molecule has 0 radical (unpaired) electrons. The third kappa shape index (κ3) is 2.77. The second-order valence-corrected chi connectivity index (χ2v) is 4.81. The van der Waals surface area contributed by atoms with Gasteiger partial charge in [0.1, 0.15) is 0 Å². The third-order valence-corrected chi connectivity index (χ3v) is 3.77. The van der Waals surface area contributed by atoms with Crippen molar-refractivity contribution in [2.24, 2.45) is 0 Å². The van der Waals surface area contributed by atoms with Crippen molar-refractivity contribution in [1.82, 2.24) is 0 Å². The third-order valence-electron chi connectivity index (χ3n) is 2.57. The molecule has 1 aromatic carbocycles. The lowest BCUT2D eigenvalue weighted by molar-refractivity contribution is 0.0693. The second-order valence-electron chi connectivity index (χ2n) is 3.75. The fourth-order valence-electron chi connectivity index (χ4n) is 1.73. The Bertz CT molecular complexity index is 372. The van der Waals surface area contributed by atoms with Crippen LogP contribution in [0.2, 0.25) is 0 Å². The van der Waals surface area contributed by atoms with E-state index in [1.165, 1.54) is 0 Å². The standard InChI is InChI=1S/C12H14O3S/c13-12(14)10-5-1-2-6-11(10)16-8-9-4-3-7-15-9/h1-2,5-6,9H,3-4,7-8H2,(H,13,14). The molecule has 2 rings (SSSR count). The van der Waals surface area contributed by atoms with Gasteiger partial charge < -0.3 is 9.84 Å². The summed E-state index contributed by atoms with van der Waals surface area (Å²) in [5, 5.41) is 9.01. The quantitative estimate of drug-likeness (QED) is 0.819. The molecule has 0 saturated carbocycles. The van der Waals surface area contributed by atoms with Gasteiger partial charge in [-0.2, -0.15) is 0 Å². The molecule has 1 atom stereocenters. The van der Waals surface area contributed by atoms with Gasteiger partial charge in [0.2, 0.25) is 0 Å². The molecule has 1 aliphatic rings. The second kappa shape index (κ2) is 5.37. The molecule has 0 aliphatic carbocycles. The van der Waals surface area contributed by atoms with Crippen LogP contribution in [0.4, 0.5) is 0 Å². The lowest BCUT2D eigenvalue weighted by Gasteiger charge is -2.10. The van der Waals surface area contributed by atoms with Crippen LogP contribution < -0.4 is 0 Å². The van der Waals surface area contributed by atoms with Gasteiger partial charge in [-0.25, -0.2) is 4.79 Å². The minimum atomic E-state index is -0.865. The number of benzene rings is 1. The maximum absolute atomic E-state index is 11.0. The first-order valence-electron chi connectivity index (χ1n) is 5.34. The largest absolute Gasteiger partial charge is 0.478 e. The molecule has 4 heteroatoms. The van der Waals surface area contributed by atoms with Gasteiger partial charge >= 0.3 is 5.97 Å². The van der Waals surface area contributed by atoms with Crippen molar-refractivity contribution in [2.45, 2.75) is 23.8 Å². The number of rotatable bonds is 4. The monoisotopic (exact) mass is 238 g/mol. The fourth-order valence-corrected chi connectivity index (χ4v) is 2.84. The molecular formula is C12H14O3S. The van der Waals surface area contributed by atoms with E-state index in [0.29, 0.717) is 5.56 Å². The number of ether oxygens (including phenoxy) is 1. The topological polar surface area (TPSA) is 46.5 Å². The predicted molar refractivity (Wildman–Crippen MR) is 63.1 cm³/mol. The molecule has 1 saturated heterocycles. The highest BCUT2D eigenvalue weighted by Gasteiger charge is 2.17. The number of carboxylic acids is 1. The summed E-state index contributed by atoms with van der Waals surface area (Å²) in [6.45, 7) is 0.839. The van der Waals surface area contributed by atoms with E-state index in [-0.39, 0.29) is 6.10 Å². The zero-order chi connectivity index (χ0) is 11.4. The van der Waals surface area contributed by atoms with Crippen LogP contribution in [0.25, 0.3) is 0 Å². The van der Waals surface area contributed by atoms with Gasteiger partial charge in [0, 0.05) is 17.3 Å². The summed E-state index contributed by atoms with van der Waals surface area (Å²) < 4.78 is 5.51. The first-order chi connectivity index (χ1) is 7.77. The molecule has 1 fully saturated rings. The van der Waals surface area contributed by atoms with Gasteiger partial charge in [-0.15, -0.1) is 11.8 Å². The Morgan fingerprint density at radius 2 is 2.31 bits per heavy atom. The van der Waals surface area contributed by atoms with Crippen molar-refractivity contribution < 1.29 is 14.6 Å². The van der Waals surface area contributed by atoms with Crippen LogP contribution in [0, 0.1) is 0 Å². The van der Waals surface area contributed by atoms with Crippen molar-refractivity contribution in [3.63, 3.8) is 0 Å². The number of carbonyl (C=O) groups is 1. The molecule has 0 bridgehead atoms. The molecule has 3 nitrogen and oxygen atoms in total. The number of carboxylic acid groups (broad SMARTS) is 1. The molecule has 0 amide bonds. The highest BCUT2D eigenvalue weighted by molar-refractivity contribution is 7.99. The highest BCUT2D eigenvalue weighted by atomic mass is 32.2. The van der Waals surface area contributed by atoms with E-state index >= 15 is 0 Å². The lowest BCUT2D eigenvalue weighted by atomic mass is 10.2. The Morgan fingerprint density at radius 3 is 3.00 bits per heavy atom. The predicted octanol–water partition coefficient (Wildman–Crippen LogP) is 2.66. The Kier molecular flexibility index (Phi) is 3.85. The maximum atomic E-state index is 11.0. The van der Waals surface area contributed by atoms with Gasteiger partial charge in [-0.1, -0.05) is 12.1 Å². The summed E-state index contributed by atoms with van der Waals surface area (Å²) in [6.07, 6.45) is 2.49. The zero-order valence-corrected chi connectivity index (χ0v) is 9.70. The number of hydrogen-bond acceptors (Lipinski definition) is 3. The van der Waals surface area contributed by atoms with Crippen molar-refractivity contribution >= 4 is 17.7 Å². The Balaban J connectivity index is 2.00. The van der Waals surface area contributed by atoms with Gasteiger partial charge in [0.15, 0.2) is 0 Å². The normalized spacial score (nSPS) is 19.9. The summed E-state index contributed by atoms with van der Waals surface area (Å²) in [5.41, 5.74) is 0.380. The van der Waals surface area contributed by atoms with E-state index in [1.54, 1.807) is 23.9 Å². The molecule has 1 N–H and O–H groups in total. The van der Waals surface area contributed by atoms with Crippen molar-refractivity contribution in [2.75, 3.05) is 12.4 Å². The van der Waals surface area contributed by atoms with Gasteiger partial charge in [0.25, 0.3) is 0 Å². The summed E-state index contributed by atoms with van der Waals surface area (Å²) in [4.78, 5) is 11.8. The van der Waals surface area contributed by atoms with Crippen LogP contribution in [-0.2, 0) is 4.74 Å². The van der Waals surface area contributed by atoms with Crippen molar-refractivity contribution in [1.29, 1.82) is 0 Å². The fraction of sp³-hybridized carbons (Fsp3) is 0.417. The van der Waals surface area contributed by atoms with Crippen LogP contribution in [-0.4, -0.2) is 29.5 Å². The average molecular weight is 238 g/mol. The zero-order valence-electron chi connectivity index (χ0n) is 8.89. The van der Waals surface area contributed by atoms with E-state index < -0.39 is 5.97 Å². The highest BCUT2D eigenvalue weighted by Crippen LogP contribution is 2.26. The first-order valence-corrected chi connectivity index (χ1v) is 6.32. The SMILES string of the molecule is O=C(O)c1ccccc1SCC1CCCO1. The molecule has 1 heterocycles. The lowest BCUT2D eigenvalue weighted by Crippen LogP contribution is -2.08. The molecular weight excluding hydrogens is 224 g/mol. The van der Waals surface area contributed by atoms with Crippen LogP contribution in [0.15, 0.2) is 29.2 Å². The average Bonchev–Trinajstić information content (AvgIpc) is 2.79. The van der Waals surface area contributed by atoms with Crippen molar-refractivity contribution in [3.05, 3.63) is 29.8 Å². The minimum absolute atomic E-state index is 0.284. The molecule has 0 aromatic heterocycles. The van der Waals surface area contributed by atoms with Crippen LogP contribution >= 0.6 is 11.8 Å². The van der Waals surface area contributed by atoms with Crippen LogP contribution in [0.1, 0.15) is 23.2 Å². The molecule has 16 heavy (non-hydrogen) atoms. The van der Waals surface area contributed by atoms with E-state index in [9.17, 15) is 4.79 Å². The van der Waals surface area contributed by atoms with E-state index in [0.717, 1.165) is 30.1 Å². The van der Waals surface area contributed by atoms with Crippen LogP contribution in [0.3, 0.4) is 0 Å². The minimum Gasteiger partial charge on any atom is -0.478 e. The summed E-state index contributed by atoms with van der Waals surface area (Å²) in [6, 6.07) is 7.10. The maximum Gasteiger partial charge on any atom is 0.336 e. The smallest absolute Gasteiger partial charge is 0.336 e. The molecule has 86 valence electrons. The summed E-state index contributed by atoms with van der Waals surface area (Å²) in [5.74, 6) is -0.0277. The number of aromatic carboxylic acids is 1. The molecule has 1 unspecified atom stereocenters. The van der Waals surface area contributed by atoms with Gasteiger partial charge in [-0.3, -0.25) is 0 Å². The van der Waals surface area contributed by atoms with Gasteiger partial charge in [0.05, 0.1) is 11.7 Å².